The first-order valence-electron chi connectivity index (χ1n) is 8.36. The second kappa shape index (κ2) is 6.88. The maximum atomic E-state index is 12.1. The Morgan fingerprint density at radius 2 is 1.96 bits per heavy atom. The molecule has 3 aromatic heterocycles. The molecule has 8 nitrogen and oxygen atoms in total. The molecule has 1 N–H and O–H groups in total. The van der Waals surface area contributed by atoms with Crippen molar-refractivity contribution in [2.45, 2.75) is 0 Å². The lowest BCUT2D eigenvalue weighted by Gasteiger charge is -2.20. The van der Waals surface area contributed by atoms with E-state index < -0.39 is 10.0 Å². The number of rotatable bonds is 5. The van der Waals surface area contributed by atoms with Gasteiger partial charge in [0.25, 0.3) is 0 Å². The molecule has 4 aromatic rings. The smallest absolute Gasteiger partial charge is 0.232 e. The maximum Gasteiger partial charge on any atom is 0.232 e. The summed E-state index contributed by atoms with van der Waals surface area (Å²) in [6.07, 6.45) is 6.47. The fourth-order valence-electron chi connectivity index (χ4n) is 2.85. The first-order valence-corrected chi connectivity index (χ1v) is 11.1. The zero-order chi connectivity index (χ0) is 19.9. The van der Waals surface area contributed by atoms with E-state index >= 15 is 0 Å². The number of hydrogen-bond acceptors (Lipinski definition) is 7. The standard InChI is InChI=1S/C18H18N6O2S2/c1-23-10-12(8-20-23)21-18-19-9-16-17(22-18)14(11-27-16)13-6-4-5-7-15(13)24(2)28(3,25)26/h4-11H,1-3H3,(H,19,21,22). The summed E-state index contributed by atoms with van der Waals surface area (Å²) >= 11 is 1.52. The Morgan fingerprint density at radius 1 is 1.18 bits per heavy atom. The molecule has 3 heterocycles. The van der Waals surface area contributed by atoms with Crippen molar-refractivity contribution in [1.29, 1.82) is 0 Å². The van der Waals surface area contributed by atoms with Crippen LogP contribution in [0.1, 0.15) is 0 Å². The van der Waals surface area contributed by atoms with Crippen molar-refractivity contribution >= 4 is 48.9 Å². The third kappa shape index (κ3) is 3.43. The van der Waals surface area contributed by atoms with Gasteiger partial charge in [0.05, 0.1) is 40.2 Å². The number of thiophene rings is 1. The molecule has 28 heavy (non-hydrogen) atoms. The Kier molecular flexibility index (Phi) is 4.52. The second-order valence-corrected chi connectivity index (χ2v) is 9.26. The summed E-state index contributed by atoms with van der Waals surface area (Å²) in [5.41, 5.74) is 3.82. The molecule has 0 saturated carbocycles. The van der Waals surface area contributed by atoms with E-state index in [-0.39, 0.29) is 0 Å². The number of anilines is 3. The Bertz CT molecular complexity index is 1260. The number of benzene rings is 1. The number of nitrogens with one attached hydrogen (secondary N) is 1. The van der Waals surface area contributed by atoms with Crippen LogP contribution < -0.4 is 9.62 Å². The molecule has 0 aliphatic heterocycles. The van der Waals surface area contributed by atoms with Gasteiger partial charge in [-0.15, -0.1) is 11.3 Å². The number of sulfonamides is 1. The van der Waals surface area contributed by atoms with Crippen LogP contribution in [-0.4, -0.2) is 41.5 Å². The molecular formula is C18H18N6O2S2. The lowest BCUT2D eigenvalue weighted by atomic mass is 10.1. The van der Waals surface area contributed by atoms with Gasteiger partial charge in [-0.1, -0.05) is 18.2 Å². The van der Waals surface area contributed by atoms with Crippen LogP contribution in [0, 0.1) is 0 Å². The van der Waals surface area contributed by atoms with Crippen molar-refractivity contribution in [3.63, 3.8) is 0 Å². The molecule has 10 heteroatoms. The third-order valence-corrected chi connectivity index (χ3v) is 6.40. The average Bonchev–Trinajstić information content (AvgIpc) is 3.26. The van der Waals surface area contributed by atoms with Crippen LogP contribution in [0.3, 0.4) is 0 Å². The van der Waals surface area contributed by atoms with E-state index in [4.69, 9.17) is 0 Å². The van der Waals surface area contributed by atoms with Crippen molar-refractivity contribution in [2.24, 2.45) is 7.05 Å². The summed E-state index contributed by atoms with van der Waals surface area (Å²) in [6.45, 7) is 0. The van der Waals surface area contributed by atoms with Crippen molar-refractivity contribution in [3.05, 3.63) is 48.2 Å². The number of aryl methyl sites for hydroxylation is 1. The highest BCUT2D eigenvalue weighted by molar-refractivity contribution is 7.92. The topological polar surface area (TPSA) is 93.0 Å². The lowest BCUT2D eigenvalue weighted by molar-refractivity contribution is 0.600. The minimum absolute atomic E-state index is 0.453. The van der Waals surface area contributed by atoms with E-state index in [1.54, 1.807) is 30.2 Å². The zero-order valence-electron chi connectivity index (χ0n) is 15.5. The van der Waals surface area contributed by atoms with E-state index in [9.17, 15) is 8.42 Å². The molecule has 0 atom stereocenters. The fraction of sp³-hybridized carbons (Fsp3) is 0.167. The van der Waals surface area contributed by atoms with Gasteiger partial charge in [-0.05, 0) is 6.07 Å². The van der Waals surface area contributed by atoms with Crippen LogP contribution in [0.5, 0.6) is 0 Å². The van der Waals surface area contributed by atoms with E-state index in [1.807, 2.05) is 36.8 Å². The quantitative estimate of drug-likeness (QED) is 0.539. The molecule has 0 fully saturated rings. The summed E-state index contributed by atoms with van der Waals surface area (Å²) in [5, 5.41) is 9.24. The van der Waals surface area contributed by atoms with E-state index in [2.05, 4.69) is 20.4 Å². The molecule has 4 rings (SSSR count). The van der Waals surface area contributed by atoms with E-state index in [1.165, 1.54) is 21.9 Å². The maximum absolute atomic E-state index is 12.1. The van der Waals surface area contributed by atoms with Crippen LogP contribution in [0.25, 0.3) is 21.3 Å². The van der Waals surface area contributed by atoms with Crippen LogP contribution in [-0.2, 0) is 17.1 Å². The van der Waals surface area contributed by atoms with Gasteiger partial charge in [0.1, 0.15) is 0 Å². The molecule has 0 unspecified atom stereocenters. The lowest BCUT2D eigenvalue weighted by Crippen LogP contribution is -2.25. The number of para-hydroxylation sites is 1. The monoisotopic (exact) mass is 414 g/mol. The van der Waals surface area contributed by atoms with Crippen LogP contribution in [0.2, 0.25) is 0 Å². The largest absolute Gasteiger partial charge is 0.321 e. The number of aromatic nitrogens is 4. The first kappa shape index (κ1) is 18.4. The summed E-state index contributed by atoms with van der Waals surface area (Å²) in [5.74, 6) is 0.453. The highest BCUT2D eigenvalue weighted by Crippen LogP contribution is 2.38. The minimum atomic E-state index is -3.39. The van der Waals surface area contributed by atoms with Crippen molar-refractivity contribution < 1.29 is 8.42 Å². The van der Waals surface area contributed by atoms with Crippen LogP contribution in [0.4, 0.5) is 17.3 Å². The molecule has 0 saturated heterocycles. The molecule has 0 amide bonds. The molecule has 0 radical (unpaired) electrons. The summed E-state index contributed by atoms with van der Waals surface area (Å²) in [6, 6.07) is 7.39. The Hall–Kier alpha value is -2.98. The van der Waals surface area contributed by atoms with Gasteiger partial charge in [0.2, 0.25) is 16.0 Å². The molecule has 1 aromatic carbocycles. The first-order chi connectivity index (χ1) is 13.3. The van der Waals surface area contributed by atoms with Gasteiger partial charge in [-0.3, -0.25) is 8.99 Å². The number of fused-ring (bicyclic) bond motifs is 1. The summed E-state index contributed by atoms with van der Waals surface area (Å²) in [7, 11) is -0.00343. The Morgan fingerprint density at radius 3 is 2.68 bits per heavy atom. The van der Waals surface area contributed by atoms with Gasteiger partial charge >= 0.3 is 0 Å². The fourth-order valence-corrected chi connectivity index (χ4v) is 4.23. The minimum Gasteiger partial charge on any atom is -0.321 e. The van der Waals surface area contributed by atoms with E-state index in [0.29, 0.717) is 11.6 Å². The summed E-state index contributed by atoms with van der Waals surface area (Å²) < 4.78 is 28.0. The molecular weight excluding hydrogens is 396 g/mol. The summed E-state index contributed by atoms with van der Waals surface area (Å²) in [4.78, 5) is 9.02. The zero-order valence-corrected chi connectivity index (χ0v) is 17.1. The second-order valence-electron chi connectivity index (χ2n) is 6.33. The van der Waals surface area contributed by atoms with Gasteiger partial charge in [0.15, 0.2) is 0 Å². The van der Waals surface area contributed by atoms with Crippen LogP contribution in [0.15, 0.2) is 48.2 Å². The van der Waals surface area contributed by atoms with Gasteiger partial charge in [-0.25, -0.2) is 18.4 Å². The predicted octanol–water partition coefficient (Wildman–Crippen LogP) is 3.23. The van der Waals surface area contributed by atoms with Crippen molar-refractivity contribution in [3.8, 4) is 11.1 Å². The van der Waals surface area contributed by atoms with Crippen LogP contribution >= 0.6 is 11.3 Å². The van der Waals surface area contributed by atoms with Gasteiger partial charge < -0.3 is 5.32 Å². The number of hydrogen-bond donors (Lipinski definition) is 1. The van der Waals surface area contributed by atoms with Crippen molar-refractivity contribution in [2.75, 3.05) is 22.9 Å². The molecule has 0 aliphatic rings. The SMILES string of the molecule is CN(c1ccccc1-c1csc2cnc(Nc3cnn(C)c3)nc12)S(C)(=O)=O. The van der Waals surface area contributed by atoms with E-state index in [0.717, 1.165) is 27.0 Å². The Labute approximate surface area is 166 Å². The van der Waals surface area contributed by atoms with Crippen molar-refractivity contribution in [1.82, 2.24) is 19.7 Å². The molecule has 0 bridgehead atoms. The Balaban J connectivity index is 1.81. The number of nitrogens with zero attached hydrogens (tertiary/aromatic N) is 5. The highest BCUT2D eigenvalue weighted by atomic mass is 32.2. The average molecular weight is 415 g/mol. The van der Waals surface area contributed by atoms with Gasteiger partial charge in [0, 0.05) is 36.8 Å². The normalized spacial score (nSPS) is 11.7. The molecule has 0 spiro atoms. The highest BCUT2D eigenvalue weighted by Gasteiger charge is 2.19. The predicted molar refractivity (Wildman–Crippen MR) is 113 cm³/mol. The van der Waals surface area contributed by atoms with Gasteiger partial charge in [-0.2, -0.15) is 5.10 Å². The third-order valence-electron chi connectivity index (χ3n) is 4.31. The molecule has 0 aliphatic carbocycles. The molecule has 144 valence electrons.